The normalized spacial score (nSPS) is 38.2. The van der Waals surface area contributed by atoms with Crippen LogP contribution in [0.2, 0.25) is 0 Å². The van der Waals surface area contributed by atoms with Gasteiger partial charge in [0.2, 0.25) is 0 Å². The number of aliphatic hydroxyl groups excluding tert-OH is 2. The summed E-state index contributed by atoms with van der Waals surface area (Å²) in [6, 6.07) is -0.897. The van der Waals surface area contributed by atoms with E-state index < -0.39 is 12.1 Å². The Morgan fingerprint density at radius 3 is 2.60 bits per heavy atom. The molecule has 1 saturated heterocycles. The highest BCUT2D eigenvalue weighted by Gasteiger charge is 2.38. The van der Waals surface area contributed by atoms with E-state index in [2.05, 4.69) is 6.92 Å². The van der Waals surface area contributed by atoms with Crippen molar-refractivity contribution in [2.75, 3.05) is 19.7 Å². The summed E-state index contributed by atoms with van der Waals surface area (Å²) in [5.74, 6) is 0. The molecule has 1 aliphatic rings. The molecule has 0 saturated carbocycles. The molecule has 0 radical (unpaired) electrons. The third kappa shape index (κ3) is 2.89. The number of unbranched alkanes of at least 4 members (excludes halogenated alkanes) is 1. The van der Waals surface area contributed by atoms with Crippen LogP contribution in [0.1, 0.15) is 19.8 Å². The zero-order valence-electron chi connectivity index (χ0n) is 9.34. The van der Waals surface area contributed by atoms with E-state index in [0.717, 1.165) is 19.4 Å². The van der Waals surface area contributed by atoms with Gasteiger partial charge in [0.25, 0.3) is 0 Å². The van der Waals surface area contributed by atoms with Gasteiger partial charge in [0.15, 0.2) is 0 Å². The average molecular weight is 217 g/mol. The molecule has 90 valence electrons. The van der Waals surface area contributed by atoms with Crippen LogP contribution < -0.4 is 11.5 Å². The third-order valence-electron chi connectivity index (χ3n) is 3.18. The zero-order valence-corrected chi connectivity index (χ0v) is 9.34. The number of aliphatic hydroxyl groups is 2. The van der Waals surface area contributed by atoms with Gasteiger partial charge in [0, 0.05) is 18.6 Å². The summed E-state index contributed by atoms with van der Waals surface area (Å²) in [5.41, 5.74) is 11.6. The lowest BCUT2D eigenvalue weighted by atomic mass is 9.91. The largest absolute Gasteiger partial charge is 0.395 e. The Balaban J connectivity index is 2.60. The van der Waals surface area contributed by atoms with Crippen LogP contribution in [0.25, 0.3) is 0 Å². The molecule has 15 heavy (non-hydrogen) atoms. The van der Waals surface area contributed by atoms with Crippen LogP contribution in [0.4, 0.5) is 0 Å². The molecule has 5 nitrogen and oxygen atoms in total. The van der Waals surface area contributed by atoms with Gasteiger partial charge in [-0.2, -0.15) is 0 Å². The smallest absolute Gasteiger partial charge is 0.0883 e. The van der Waals surface area contributed by atoms with Crippen molar-refractivity contribution in [3.63, 3.8) is 0 Å². The number of nitrogens with two attached hydrogens (primary N) is 2. The number of rotatable bonds is 4. The molecule has 0 bridgehead atoms. The second-order valence-corrected chi connectivity index (χ2v) is 4.33. The molecular formula is C10H23N3O2. The molecule has 0 aromatic carbocycles. The van der Waals surface area contributed by atoms with Crippen molar-refractivity contribution < 1.29 is 10.2 Å². The van der Waals surface area contributed by atoms with Crippen LogP contribution in [-0.4, -0.2) is 59.0 Å². The fourth-order valence-electron chi connectivity index (χ4n) is 2.10. The molecule has 6 N–H and O–H groups in total. The Kier molecular flexibility index (Phi) is 4.95. The average Bonchev–Trinajstić information content (AvgIpc) is 2.23. The predicted molar refractivity (Wildman–Crippen MR) is 59.3 cm³/mol. The highest BCUT2D eigenvalue weighted by Crippen LogP contribution is 2.16. The van der Waals surface area contributed by atoms with E-state index in [1.165, 1.54) is 0 Å². The van der Waals surface area contributed by atoms with Crippen molar-refractivity contribution in [1.29, 1.82) is 0 Å². The summed E-state index contributed by atoms with van der Waals surface area (Å²) in [4.78, 5) is 2.04. The third-order valence-corrected chi connectivity index (χ3v) is 3.18. The number of nitrogens with zero attached hydrogens (tertiary/aromatic N) is 1. The minimum Gasteiger partial charge on any atom is -0.395 e. The monoisotopic (exact) mass is 217 g/mol. The molecule has 5 heteroatoms. The SMILES string of the molecule is CCCCN1C[C@H](N)[C@@H](N)[C@H](O)C1CO. The summed E-state index contributed by atoms with van der Waals surface area (Å²) in [6.07, 6.45) is 1.41. The summed E-state index contributed by atoms with van der Waals surface area (Å²) < 4.78 is 0. The van der Waals surface area contributed by atoms with E-state index in [1.54, 1.807) is 0 Å². The van der Waals surface area contributed by atoms with E-state index in [4.69, 9.17) is 11.5 Å². The van der Waals surface area contributed by atoms with Gasteiger partial charge in [0.1, 0.15) is 0 Å². The van der Waals surface area contributed by atoms with Gasteiger partial charge in [-0.1, -0.05) is 13.3 Å². The second kappa shape index (κ2) is 5.77. The highest BCUT2D eigenvalue weighted by atomic mass is 16.3. The fourth-order valence-corrected chi connectivity index (χ4v) is 2.10. The standard InChI is InChI=1S/C10H23N3O2/c1-2-3-4-13-5-7(11)9(12)10(15)8(13)6-14/h7-10,14-15H,2-6,11-12H2,1H3/t7-,8?,9+,10+/m0/s1. The molecule has 0 aromatic rings. The molecule has 1 heterocycles. The van der Waals surface area contributed by atoms with E-state index >= 15 is 0 Å². The van der Waals surface area contributed by atoms with Crippen molar-refractivity contribution in [2.24, 2.45) is 11.5 Å². The highest BCUT2D eigenvalue weighted by molar-refractivity contribution is 4.98. The van der Waals surface area contributed by atoms with Crippen molar-refractivity contribution in [1.82, 2.24) is 4.90 Å². The summed E-state index contributed by atoms with van der Waals surface area (Å²) >= 11 is 0. The van der Waals surface area contributed by atoms with E-state index in [0.29, 0.717) is 6.54 Å². The quantitative estimate of drug-likeness (QED) is 0.458. The molecule has 1 rings (SSSR count). The van der Waals surface area contributed by atoms with E-state index in [1.807, 2.05) is 4.90 Å². The molecular weight excluding hydrogens is 194 g/mol. The number of piperidine rings is 1. The van der Waals surface area contributed by atoms with Crippen LogP contribution >= 0.6 is 0 Å². The first-order chi connectivity index (χ1) is 7.11. The van der Waals surface area contributed by atoms with Crippen LogP contribution in [-0.2, 0) is 0 Å². The first-order valence-corrected chi connectivity index (χ1v) is 5.66. The van der Waals surface area contributed by atoms with Crippen LogP contribution in [0, 0.1) is 0 Å². The van der Waals surface area contributed by atoms with Crippen LogP contribution in [0.3, 0.4) is 0 Å². The summed E-state index contributed by atoms with van der Waals surface area (Å²) in [6.45, 7) is 3.56. The molecule has 1 fully saturated rings. The Labute approximate surface area is 91.0 Å². The minimum absolute atomic E-state index is 0.0642. The Hall–Kier alpha value is -0.200. The second-order valence-electron chi connectivity index (χ2n) is 4.33. The van der Waals surface area contributed by atoms with Gasteiger partial charge in [-0.3, -0.25) is 4.90 Å². The molecule has 1 aliphatic heterocycles. The number of hydrogen-bond acceptors (Lipinski definition) is 5. The Morgan fingerprint density at radius 1 is 1.40 bits per heavy atom. The first kappa shape index (κ1) is 12.9. The van der Waals surface area contributed by atoms with Crippen molar-refractivity contribution in [3.8, 4) is 0 Å². The minimum atomic E-state index is -0.726. The lowest BCUT2D eigenvalue weighted by molar-refractivity contribution is -0.0353. The first-order valence-electron chi connectivity index (χ1n) is 5.66. The topological polar surface area (TPSA) is 95.7 Å². The fraction of sp³-hybridized carbons (Fsp3) is 1.00. The molecule has 4 atom stereocenters. The molecule has 0 spiro atoms. The molecule has 0 amide bonds. The molecule has 1 unspecified atom stereocenters. The molecule has 0 aromatic heterocycles. The van der Waals surface area contributed by atoms with Crippen LogP contribution in [0.15, 0.2) is 0 Å². The summed E-state index contributed by atoms with van der Waals surface area (Å²) in [5, 5.41) is 19.1. The van der Waals surface area contributed by atoms with Crippen LogP contribution in [0.5, 0.6) is 0 Å². The number of hydrogen-bond donors (Lipinski definition) is 4. The van der Waals surface area contributed by atoms with Gasteiger partial charge in [-0.15, -0.1) is 0 Å². The van der Waals surface area contributed by atoms with E-state index in [-0.39, 0.29) is 18.7 Å². The zero-order chi connectivity index (χ0) is 11.4. The Bertz CT molecular complexity index is 192. The predicted octanol–water partition coefficient (Wildman–Crippen LogP) is -1.52. The van der Waals surface area contributed by atoms with Gasteiger partial charge in [-0.05, 0) is 13.0 Å². The van der Waals surface area contributed by atoms with Gasteiger partial charge in [-0.25, -0.2) is 0 Å². The number of likely N-dealkylation sites (tertiary alicyclic amines) is 1. The van der Waals surface area contributed by atoms with Gasteiger partial charge in [0.05, 0.1) is 18.8 Å². The van der Waals surface area contributed by atoms with Gasteiger partial charge >= 0.3 is 0 Å². The maximum absolute atomic E-state index is 9.87. The van der Waals surface area contributed by atoms with Crippen molar-refractivity contribution in [3.05, 3.63) is 0 Å². The molecule has 0 aliphatic carbocycles. The maximum atomic E-state index is 9.87. The lowest BCUT2D eigenvalue weighted by Crippen LogP contribution is -2.67. The lowest BCUT2D eigenvalue weighted by Gasteiger charge is -2.44. The summed E-state index contributed by atoms with van der Waals surface area (Å²) in [7, 11) is 0. The van der Waals surface area contributed by atoms with E-state index in [9.17, 15) is 10.2 Å². The van der Waals surface area contributed by atoms with Crippen molar-refractivity contribution in [2.45, 2.75) is 44.0 Å². The van der Waals surface area contributed by atoms with Gasteiger partial charge < -0.3 is 21.7 Å². The maximum Gasteiger partial charge on any atom is 0.0883 e. The Morgan fingerprint density at radius 2 is 2.07 bits per heavy atom. The van der Waals surface area contributed by atoms with Crippen molar-refractivity contribution >= 4 is 0 Å².